The van der Waals surface area contributed by atoms with Gasteiger partial charge in [-0.3, -0.25) is 0 Å². The number of nitrogens with one attached hydrogen (secondary N) is 2. The van der Waals surface area contributed by atoms with Crippen LogP contribution in [0, 0.1) is 3.57 Å². The summed E-state index contributed by atoms with van der Waals surface area (Å²) < 4.78 is 0.826. The van der Waals surface area contributed by atoms with E-state index >= 15 is 0 Å². The Bertz CT molecular complexity index is 694. The molecule has 1 aromatic carbocycles. The van der Waals surface area contributed by atoms with E-state index in [9.17, 15) is 5.11 Å². The van der Waals surface area contributed by atoms with Gasteiger partial charge >= 0.3 is 0 Å². The molecule has 0 fully saturated rings. The second-order valence-corrected chi connectivity index (χ2v) is 5.11. The normalized spacial score (nSPS) is 10.8. The second-order valence-electron chi connectivity index (χ2n) is 3.95. The fraction of sp³-hybridized carbons (Fsp3) is 0.0833. The van der Waals surface area contributed by atoms with Gasteiger partial charge in [0.05, 0.1) is 9.77 Å². The summed E-state index contributed by atoms with van der Waals surface area (Å²) >= 11 is 2.10. The number of benzene rings is 1. The van der Waals surface area contributed by atoms with Crippen LogP contribution >= 0.6 is 22.6 Å². The lowest BCUT2D eigenvalue weighted by Crippen LogP contribution is -2.01. The van der Waals surface area contributed by atoms with E-state index in [-0.39, 0.29) is 0 Å². The van der Waals surface area contributed by atoms with Gasteiger partial charge in [0.1, 0.15) is 17.6 Å². The highest BCUT2D eigenvalue weighted by molar-refractivity contribution is 14.1. The number of aromatic nitrogens is 4. The molecule has 0 atom stereocenters. The summed E-state index contributed by atoms with van der Waals surface area (Å²) in [5.41, 5.74) is 2.21. The van der Waals surface area contributed by atoms with Gasteiger partial charge in [-0.25, -0.2) is 9.97 Å². The van der Waals surface area contributed by atoms with E-state index in [1.165, 1.54) is 6.33 Å². The highest BCUT2D eigenvalue weighted by Crippen LogP contribution is 2.24. The first-order chi connectivity index (χ1) is 9.24. The highest BCUT2D eigenvalue weighted by atomic mass is 127. The maximum Gasteiger partial charge on any atom is 0.203 e. The van der Waals surface area contributed by atoms with E-state index in [1.54, 1.807) is 6.20 Å². The number of hydrogen-bond acceptors (Lipinski definition) is 5. The monoisotopic (exact) mass is 367 g/mol. The van der Waals surface area contributed by atoms with Crippen molar-refractivity contribution >= 4 is 39.7 Å². The van der Waals surface area contributed by atoms with Crippen LogP contribution in [0.1, 0.15) is 5.56 Å². The minimum atomic E-state index is 0.298. The predicted octanol–water partition coefficient (Wildman–Crippen LogP) is 2.28. The number of phenols is 1. The van der Waals surface area contributed by atoms with Gasteiger partial charge in [-0.1, -0.05) is 12.1 Å². The quantitative estimate of drug-likeness (QED) is 0.619. The van der Waals surface area contributed by atoms with Crippen molar-refractivity contribution in [2.75, 3.05) is 5.32 Å². The number of aromatic hydroxyl groups is 1. The summed E-state index contributed by atoms with van der Waals surface area (Å²) in [5.74, 6) is 0.903. The highest BCUT2D eigenvalue weighted by Gasteiger charge is 2.06. The average Bonchev–Trinajstić information content (AvgIpc) is 2.83. The number of imidazole rings is 1. The number of anilines is 1. The Kier molecular flexibility index (Phi) is 3.20. The third-order valence-electron chi connectivity index (χ3n) is 2.68. The molecule has 96 valence electrons. The molecule has 3 aromatic rings. The van der Waals surface area contributed by atoms with Crippen molar-refractivity contribution < 1.29 is 5.11 Å². The number of para-hydroxylation sites is 1. The topological polar surface area (TPSA) is 86.7 Å². The Morgan fingerprint density at radius 1 is 1.37 bits per heavy atom. The first-order valence-electron chi connectivity index (χ1n) is 5.60. The molecule has 0 unspecified atom stereocenters. The minimum Gasteiger partial charge on any atom is -0.506 e. The van der Waals surface area contributed by atoms with Crippen molar-refractivity contribution in [1.82, 2.24) is 19.9 Å². The summed E-state index contributed by atoms with van der Waals surface area (Å²) in [6.45, 7) is 0.482. The van der Waals surface area contributed by atoms with E-state index in [2.05, 4.69) is 47.8 Å². The number of phenolic OH excluding ortho intramolecular Hbond substituents is 1. The average molecular weight is 367 g/mol. The van der Waals surface area contributed by atoms with Crippen molar-refractivity contribution in [1.29, 1.82) is 0 Å². The Morgan fingerprint density at radius 3 is 3.11 bits per heavy atom. The summed E-state index contributed by atoms with van der Waals surface area (Å²) in [7, 11) is 0. The molecule has 2 aromatic heterocycles. The molecule has 3 rings (SSSR count). The molecule has 7 heteroatoms. The van der Waals surface area contributed by atoms with Crippen LogP contribution in [0.25, 0.3) is 11.2 Å². The van der Waals surface area contributed by atoms with E-state index in [1.807, 2.05) is 18.2 Å². The van der Waals surface area contributed by atoms with Gasteiger partial charge in [0.15, 0.2) is 5.65 Å². The maximum absolute atomic E-state index is 9.91. The summed E-state index contributed by atoms with van der Waals surface area (Å²) in [5, 5.41) is 13.0. The second kappa shape index (κ2) is 5.00. The lowest BCUT2D eigenvalue weighted by atomic mass is 10.2. The third kappa shape index (κ3) is 2.46. The van der Waals surface area contributed by atoms with Crippen LogP contribution < -0.4 is 5.32 Å². The number of H-pyrrole nitrogens is 1. The number of aromatic amines is 1. The lowest BCUT2D eigenvalue weighted by Gasteiger charge is -2.06. The molecule has 6 nitrogen and oxygen atoms in total. The molecule has 0 radical (unpaired) electrons. The molecule has 0 saturated carbocycles. The van der Waals surface area contributed by atoms with Crippen molar-refractivity contribution in [3.05, 3.63) is 39.9 Å². The van der Waals surface area contributed by atoms with Gasteiger partial charge in [-0.2, -0.15) is 4.98 Å². The van der Waals surface area contributed by atoms with Gasteiger partial charge in [0.2, 0.25) is 5.95 Å². The Morgan fingerprint density at radius 2 is 2.26 bits per heavy atom. The Hall–Kier alpha value is -1.90. The zero-order valence-corrected chi connectivity index (χ0v) is 11.9. The molecular weight excluding hydrogens is 357 g/mol. The van der Waals surface area contributed by atoms with Gasteiger partial charge < -0.3 is 15.4 Å². The van der Waals surface area contributed by atoms with Crippen LogP contribution in [0.2, 0.25) is 0 Å². The largest absolute Gasteiger partial charge is 0.506 e. The first kappa shape index (κ1) is 12.2. The van der Waals surface area contributed by atoms with E-state index in [0.29, 0.717) is 23.9 Å². The van der Waals surface area contributed by atoms with Gasteiger partial charge in [-0.05, 0) is 28.7 Å². The van der Waals surface area contributed by atoms with Crippen molar-refractivity contribution in [2.24, 2.45) is 0 Å². The molecule has 0 bridgehead atoms. The van der Waals surface area contributed by atoms with Crippen LogP contribution in [-0.4, -0.2) is 25.0 Å². The summed E-state index contributed by atoms with van der Waals surface area (Å²) in [6, 6.07) is 5.63. The van der Waals surface area contributed by atoms with E-state index < -0.39 is 0 Å². The van der Waals surface area contributed by atoms with Crippen LogP contribution in [-0.2, 0) is 6.54 Å². The third-order valence-corrected chi connectivity index (χ3v) is 3.55. The fourth-order valence-electron chi connectivity index (χ4n) is 1.73. The molecule has 19 heavy (non-hydrogen) atoms. The molecule has 0 saturated heterocycles. The molecule has 0 spiro atoms. The molecule has 2 heterocycles. The zero-order valence-electron chi connectivity index (χ0n) is 9.76. The number of fused-ring (bicyclic) bond motifs is 1. The smallest absolute Gasteiger partial charge is 0.203 e. The van der Waals surface area contributed by atoms with Gasteiger partial charge in [-0.15, -0.1) is 0 Å². The summed E-state index contributed by atoms with van der Waals surface area (Å²) in [6.07, 6.45) is 3.13. The molecule has 3 N–H and O–H groups in total. The minimum absolute atomic E-state index is 0.298. The maximum atomic E-state index is 9.91. The summed E-state index contributed by atoms with van der Waals surface area (Å²) in [4.78, 5) is 15.3. The number of nitrogens with zero attached hydrogens (tertiary/aromatic N) is 3. The van der Waals surface area contributed by atoms with Crippen LogP contribution in [0.3, 0.4) is 0 Å². The molecule has 0 amide bonds. The fourth-order valence-corrected chi connectivity index (χ4v) is 2.28. The molecule has 0 aliphatic heterocycles. The molecule has 0 aliphatic carbocycles. The SMILES string of the molecule is Oc1c(I)cccc1CNc1nc2ncncc2[nH]1. The Labute approximate surface area is 122 Å². The van der Waals surface area contributed by atoms with Gasteiger partial charge in [0.25, 0.3) is 0 Å². The van der Waals surface area contributed by atoms with Crippen molar-refractivity contribution in [2.45, 2.75) is 6.54 Å². The van der Waals surface area contributed by atoms with Crippen LogP contribution in [0.5, 0.6) is 5.75 Å². The van der Waals surface area contributed by atoms with Crippen molar-refractivity contribution in [3.8, 4) is 5.75 Å². The zero-order chi connectivity index (χ0) is 13.2. The lowest BCUT2D eigenvalue weighted by molar-refractivity contribution is 0.465. The van der Waals surface area contributed by atoms with Gasteiger partial charge in [0, 0.05) is 12.1 Å². The number of halogens is 1. The number of hydrogen-bond donors (Lipinski definition) is 3. The van der Waals surface area contributed by atoms with Crippen LogP contribution in [0.15, 0.2) is 30.7 Å². The molecular formula is C12H10IN5O. The van der Waals surface area contributed by atoms with E-state index in [4.69, 9.17) is 0 Å². The van der Waals surface area contributed by atoms with Crippen molar-refractivity contribution in [3.63, 3.8) is 0 Å². The number of rotatable bonds is 3. The Balaban J connectivity index is 1.80. The molecule has 0 aliphatic rings. The van der Waals surface area contributed by atoms with Crippen LogP contribution in [0.4, 0.5) is 5.95 Å². The predicted molar refractivity (Wildman–Crippen MR) is 79.8 cm³/mol. The standard InChI is InChI=1S/C12H10IN5O/c13-8-3-1-2-7(10(8)19)4-15-12-17-9-5-14-6-16-11(9)18-12/h1-3,5-6,19H,4H2,(H2,14,15,16,17,18). The van der Waals surface area contributed by atoms with E-state index in [0.717, 1.165) is 14.7 Å². The first-order valence-corrected chi connectivity index (χ1v) is 6.68.